The molecular formula is C8H16F3NO3S. The average Bonchev–Trinajstić information content (AvgIpc) is 2.54. The van der Waals surface area contributed by atoms with Crippen LogP contribution in [0.3, 0.4) is 0 Å². The third-order valence-corrected chi connectivity index (χ3v) is 2.74. The molecule has 0 aromatic rings. The lowest BCUT2D eigenvalue weighted by Gasteiger charge is -2.02. The standard InChI is InChI=1S/C7H15N.CHF3O3S/c1-2-3-7-4-5-8-6-7;2-1(3,4)8(5,6)7/h7-8H,2-6H2,1H3;(H,5,6,7). The van der Waals surface area contributed by atoms with Crippen LogP contribution in [0.2, 0.25) is 0 Å². The number of halogens is 3. The Labute approximate surface area is 93.0 Å². The van der Waals surface area contributed by atoms with Crippen molar-refractivity contribution in [2.45, 2.75) is 31.7 Å². The molecule has 0 amide bonds. The molecule has 1 fully saturated rings. The smallest absolute Gasteiger partial charge is 0.316 e. The zero-order valence-corrected chi connectivity index (χ0v) is 9.74. The summed E-state index contributed by atoms with van der Waals surface area (Å²) in [5.74, 6) is 1.000. The van der Waals surface area contributed by atoms with Gasteiger partial charge in [0.15, 0.2) is 0 Å². The van der Waals surface area contributed by atoms with Gasteiger partial charge in [0.25, 0.3) is 0 Å². The van der Waals surface area contributed by atoms with Crippen LogP contribution in [0.15, 0.2) is 0 Å². The van der Waals surface area contributed by atoms with Gasteiger partial charge in [0, 0.05) is 0 Å². The fourth-order valence-electron chi connectivity index (χ4n) is 1.37. The van der Waals surface area contributed by atoms with E-state index in [0.717, 1.165) is 5.92 Å². The lowest BCUT2D eigenvalue weighted by molar-refractivity contribution is -0.0510. The Balaban J connectivity index is 0.000000281. The van der Waals surface area contributed by atoms with Crippen LogP contribution in [0.25, 0.3) is 0 Å². The molecule has 1 aliphatic heterocycles. The van der Waals surface area contributed by atoms with Crippen LogP contribution in [-0.2, 0) is 10.1 Å². The van der Waals surface area contributed by atoms with Crippen molar-refractivity contribution in [3.63, 3.8) is 0 Å². The largest absolute Gasteiger partial charge is 0.522 e. The first-order chi connectivity index (χ1) is 7.18. The van der Waals surface area contributed by atoms with Gasteiger partial charge in [-0.3, -0.25) is 4.55 Å². The number of hydrogen-bond acceptors (Lipinski definition) is 3. The van der Waals surface area contributed by atoms with Crippen molar-refractivity contribution < 1.29 is 26.1 Å². The summed E-state index contributed by atoms with van der Waals surface area (Å²) in [7, 11) is -5.84. The lowest BCUT2D eigenvalue weighted by atomic mass is 10.0. The van der Waals surface area contributed by atoms with E-state index in [2.05, 4.69) is 12.2 Å². The Morgan fingerprint density at radius 3 is 2.19 bits per heavy atom. The third kappa shape index (κ3) is 6.29. The van der Waals surface area contributed by atoms with Crippen molar-refractivity contribution in [3.05, 3.63) is 0 Å². The third-order valence-electron chi connectivity index (χ3n) is 2.15. The van der Waals surface area contributed by atoms with E-state index >= 15 is 0 Å². The number of hydrogen-bond donors (Lipinski definition) is 2. The Morgan fingerprint density at radius 1 is 1.44 bits per heavy atom. The Hall–Kier alpha value is -0.340. The Morgan fingerprint density at radius 2 is 1.94 bits per heavy atom. The molecular weight excluding hydrogens is 247 g/mol. The summed E-state index contributed by atoms with van der Waals surface area (Å²) in [6.07, 6.45) is 4.19. The first-order valence-corrected chi connectivity index (χ1v) is 6.37. The minimum atomic E-state index is -5.84. The summed E-state index contributed by atoms with van der Waals surface area (Å²) < 4.78 is 57.5. The fraction of sp³-hybridized carbons (Fsp3) is 1.00. The average molecular weight is 263 g/mol. The molecule has 0 saturated carbocycles. The fourth-order valence-corrected chi connectivity index (χ4v) is 1.37. The van der Waals surface area contributed by atoms with Crippen LogP contribution in [0.4, 0.5) is 13.2 Å². The van der Waals surface area contributed by atoms with Crippen molar-refractivity contribution in [1.82, 2.24) is 5.32 Å². The van der Waals surface area contributed by atoms with Gasteiger partial charge in [-0.05, 0) is 31.8 Å². The SMILES string of the molecule is CCCC1CCNC1.O=S(=O)(O)C(F)(F)F. The molecule has 0 radical (unpaired) electrons. The minimum absolute atomic E-state index is 1.000. The van der Waals surface area contributed by atoms with Gasteiger partial charge >= 0.3 is 15.6 Å². The summed E-state index contributed by atoms with van der Waals surface area (Å²) in [4.78, 5) is 0. The Kier molecular flexibility index (Phi) is 6.27. The summed E-state index contributed by atoms with van der Waals surface area (Å²) in [5, 5.41) is 3.36. The van der Waals surface area contributed by atoms with Crippen LogP contribution >= 0.6 is 0 Å². The second-order valence-electron chi connectivity index (χ2n) is 3.57. The van der Waals surface area contributed by atoms with E-state index < -0.39 is 15.6 Å². The van der Waals surface area contributed by atoms with E-state index in [1.807, 2.05) is 0 Å². The molecule has 1 atom stereocenters. The predicted molar refractivity (Wildman–Crippen MR) is 53.5 cm³/mol. The molecule has 0 spiro atoms. The first-order valence-electron chi connectivity index (χ1n) is 4.93. The maximum Gasteiger partial charge on any atom is 0.522 e. The zero-order valence-electron chi connectivity index (χ0n) is 8.92. The van der Waals surface area contributed by atoms with Crippen molar-refractivity contribution >= 4 is 10.1 Å². The molecule has 16 heavy (non-hydrogen) atoms. The number of rotatable bonds is 2. The van der Waals surface area contributed by atoms with Gasteiger partial charge < -0.3 is 5.32 Å². The van der Waals surface area contributed by atoms with Crippen LogP contribution in [0.1, 0.15) is 26.2 Å². The topological polar surface area (TPSA) is 66.4 Å². The first kappa shape index (κ1) is 15.7. The van der Waals surface area contributed by atoms with Crippen molar-refractivity contribution in [1.29, 1.82) is 0 Å². The van der Waals surface area contributed by atoms with E-state index in [0.29, 0.717) is 0 Å². The van der Waals surface area contributed by atoms with Gasteiger partial charge in [-0.2, -0.15) is 21.6 Å². The molecule has 4 nitrogen and oxygen atoms in total. The zero-order chi connectivity index (χ0) is 12.8. The minimum Gasteiger partial charge on any atom is -0.316 e. The second-order valence-corrected chi connectivity index (χ2v) is 4.98. The molecule has 8 heteroatoms. The molecule has 1 rings (SSSR count). The maximum absolute atomic E-state index is 10.7. The van der Waals surface area contributed by atoms with Gasteiger partial charge in [0.2, 0.25) is 0 Å². The quantitative estimate of drug-likeness (QED) is 0.589. The number of alkyl halides is 3. The highest BCUT2D eigenvalue weighted by Gasteiger charge is 2.44. The summed E-state index contributed by atoms with van der Waals surface area (Å²) in [5.41, 5.74) is -5.53. The molecule has 0 aromatic heterocycles. The molecule has 98 valence electrons. The summed E-state index contributed by atoms with van der Waals surface area (Å²) in [6, 6.07) is 0. The molecule has 1 unspecified atom stereocenters. The monoisotopic (exact) mass is 263 g/mol. The number of nitrogens with one attached hydrogen (secondary N) is 1. The van der Waals surface area contributed by atoms with Crippen LogP contribution < -0.4 is 5.32 Å². The predicted octanol–water partition coefficient (Wildman–Crippen LogP) is 1.79. The lowest BCUT2D eigenvalue weighted by Crippen LogP contribution is -2.21. The van der Waals surface area contributed by atoms with Gasteiger partial charge in [-0.1, -0.05) is 13.3 Å². The van der Waals surface area contributed by atoms with E-state index in [1.54, 1.807) is 0 Å². The van der Waals surface area contributed by atoms with E-state index in [9.17, 15) is 13.2 Å². The van der Waals surface area contributed by atoms with E-state index in [-0.39, 0.29) is 0 Å². The highest BCUT2D eigenvalue weighted by Crippen LogP contribution is 2.20. The van der Waals surface area contributed by atoms with Gasteiger partial charge in [-0.15, -0.1) is 0 Å². The Bertz CT molecular complexity index is 283. The van der Waals surface area contributed by atoms with Crippen molar-refractivity contribution in [2.75, 3.05) is 13.1 Å². The second kappa shape index (κ2) is 6.41. The van der Waals surface area contributed by atoms with Crippen molar-refractivity contribution in [3.8, 4) is 0 Å². The van der Waals surface area contributed by atoms with Crippen LogP contribution in [0.5, 0.6) is 0 Å². The van der Waals surface area contributed by atoms with Crippen molar-refractivity contribution in [2.24, 2.45) is 5.92 Å². The van der Waals surface area contributed by atoms with Gasteiger partial charge in [0.1, 0.15) is 0 Å². The molecule has 0 bridgehead atoms. The summed E-state index contributed by atoms with van der Waals surface area (Å²) in [6.45, 7) is 4.79. The molecule has 0 aliphatic carbocycles. The van der Waals surface area contributed by atoms with E-state index in [1.165, 1.54) is 32.4 Å². The molecule has 0 aromatic carbocycles. The summed E-state index contributed by atoms with van der Waals surface area (Å²) >= 11 is 0. The highest BCUT2D eigenvalue weighted by molar-refractivity contribution is 7.86. The molecule has 1 saturated heterocycles. The molecule has 2 N–H and O–H groups in total. The van der Waals surface area contributed by atoms with Gasteiger partial charge in [-0.25, -0.2) is 0 Å². The van der Waals surface area contributed by atoms with Crippen LogP contribution in [0, 0.1) is 5.92 Å². The molecule has 1 aliphatic rings. The maximum atomic E-state index is 10.7. The normalized spacial score (nSPS) is 21.4. The van der Waals surface area contributed by atoms with Gasteiger partial charge in [0.05, 0.1) is 0 Å². The van der Waals surface area contributed by atoms with E-state index in [4.69, 9.17) is 13.0 Å². The molecule has 1 heterocycles. The highest BCUT2D eigenvalue weighted by atomic mass is 32.2. The van der Waals surface area contributed by atoms with Crippen LogP contribution in [-0.4, -0.2) is 31.6 Å².